The minimum atomic E-state index is -2.97. The summed E-state index contributed by atoms with van der Waals surface area (Å²) in [5, 5.41) is 12.5. The summed E-state index contributed by atoms with van der Waals surface area (Å²) in [6.45, 7) is 20.9. The second-order valence-corrected chi connectivity index (χ2v) is 21.7. The van der Waals surface area contributed by atoms with Gasteiger partial charge >= 0.3 is 5.97 Å². The topological polar surface area (TPSA) is 121 Å². The zero-order valence-electron chi connectivity index (χ0n) is 32.9. The van der Waals surface area contributed by atoms with Crippen LogP contribution in [0.15, 0.2) is 42.5 Å². The van der Waals surface area contributed by atoms with Gasteiger partial charge in [0.2, 0.25) is 5.78 Å². The predicted molar refractivity (Wildman–Crippen MR) is 209 cm³/mol. The van der Waals surface area contributed by atoms with E-state index < -0.39 is 27.1 Å². The number of Topliss-reactive ketones (excluding diaryl/α,β-unsaturated/α-hetero) is 1. The first-order chi connectivity index (χ1) is 24.8. The lowest BCUT2D eigenvalue weighted by Crippen LogP contribution is -2.66. The van der Waals surface area contributed by atoms with Gasteiger partial charge in [0.05, 0.1) is 17.1 Å². The van der Waals surface area contributed by atoms with Crippen LogP contribution in [0.1, 0.15) is 115 Å². The first kappa shape index (κ1) is 38.5. The molecule has 1 aliphatic heterocycles. The van der Waals surface area contributed by atoms with Gasteiger partial charge in [0.25, 0.3) is 5.91 Å². The molecule has 0 unspecified atom stereocenters. The molecule has 1 saturated heterocycles. The van der Waals surface area contributed by atoms with Gasteiger partial charge in [-0.05, 0) is 139 Å². The van der Waals surface area contributed by atoms with E-state index in [4.69, 9.17) is 0 Å². The lowest BCUT2D eigenvalue weighted by Gasteiger charge is -2.72. The van der Waals surface area contributed by atoms with E-state index in [1.165, 1.54) is 5.57 Å². The van der Waals surface area contributed by atoms with Gasteiger partial charge in [0.15, 0.2) is 9.84 Å². The van der Waals surface area contributed by atoms with Crippen molar-refractivity contribution in [2.24, 2.45) is 56.7 Å². The van der Waals surface area contributed by atoms with Crippen molar-refractivity contribution in [3.05, 3.63) is 53.6 Å². The van der Waals surface area contributed by atoms with Gasteiger partial charge in [0, 0.05) is 31.6 Å². The number of allylic oxidation sites excluding steroid dienone is 3. The fraction of sp³-hybridized carbons (Fsp3) is 0.705. The Morgan fingerprint density at radius 2 is 1.57 bits per heavy atom. The Kier molecular flexibility index (Phi) is 9.56. The number of nitrogens with one attached hydrogen (secondary N) is 1. The number of carboxylic acids is 1. The molecule has 53 heavy (non-hydrogen) atoms. The van der Waals surface area contributed by atoms with E-state index in [0.717, 1.165) is 68.9 Å². The molecule has 0 radical (unpaired) electrons. The third-order valence-electron chi connectivity index (χ3n) is 16.9. The quantitative estimate of drug-likeness (QED) is 0.210. The highest BCUT2D eigenvalue weighted by Gasteiger charge is 2.71. The summed E-state index contributed by atoms with van der Waals surface area (Å²) in [5.41, 5.74) is 3.41. The number of rotatable bonds is 8. The summed E-state index contributed by atoms with van der Waals surface area (Å²) < 4.78 is 23.7. The van der Waals surface area contributed by atoms with Crippen LogP contribution in [-0.2, 0) is 19.4 Å². The molecule has 9 heteroatoms. The van der Waals surface area contributed by atoms with Gasteiger partial charge in [-0.1, -0.05) is 65.0 Å². The maximum Gasteiger partial charge on any atom is 0.335 e. The summed E-state index contributed by atoms with van der Waals surface area (Å²) >= 11 is 0. The van der Waals surface area contributed by atoms with Crippen molar-refractivity contribution in [1.29, 1.82) is 0 Å². The molecule has 0 bridgehead atoms. The molecule has 1 heterocycles. The molecular formula is C44H62N2O6S. The molecule has 5 fully saturated rings. The molecule has 7 rings (SSSR count). The zero-order chi connectivity index (χ0) is 38.4. The molecule has 4 saturated carbocycles. The molecule has 8 nitrogen and oxygen atoms in total. The first-order valence-corrected chi connectivity index (χ1v) is 22.1. The Morgan fingerprint density at radius 3 is 2.21 bits per heavy atom. The van der Waals surface area contributed by atoms with E-state index in [-0.39, 0.29) is 50.8 Å². The number of sulfone groups is 1. The van der Waals surface area contributed by atoms with Crippen molar-refractivity contribution in [3.63, 3.8) is 0 Å². The molecule has 290 valence electrons. The number of benzene rings is 1. The Hall–Kier alpha value is -2.78. The molecular weight excluding hydrogens is 685 g/mol. The lowest BCUT2D eigenvalue weighted by atomic mass is 9.32. The third-order valence-corrected chi connectivity index (χ3v) is 18.5. The minimum Gasteiger partial charge on any atom is -0.478 e. The van der Waals surface area contributed by atoms with Crippen LogP contribution in [0.3, 0.4) is 0 Å². The van der Waals surface area contributed by atoms with E-state index in [2.05, 4.69) is 64.4 Å². The average Bonchev–Trinajstić information content (AvgIpc) is 3.50. The van der Waals surface area contributed by atoms with Gasteiger partial charge in [-0.25, -0.2) is 13.2 Å². The van der Waals surface area contributed by atoms with Crippen molar-refractivity contribution < 1.29 is 27.9 Å². The van der Waals surface area contributed by atoms with Crippen LogP contribution in [0.4, 0.5) is 0 Å². The average molecular weight is 747 g/mol. The fourth-order valence-corrected chi connectivity index (χ4v) is 15.3. The fourth-order valence-electron chi connectivity index (χ4n) is 14.0. The van der Waals surface area contributed by atoms with Crippen LogP contribution in [-0.4, -0.2) is 73.8 Å². The molecule has 9 atom stereocenters. The van der Waals surface area contributed by atoms with E-state index in [0.29, 0.717) is 49.5 Å². The maximum absolute atomic E-state index is 14.5. The number of carbonyl (C=O) groups excluding carboxylic acids is 2. The van der Waals surface area contributed by atoms with Gasteiger partial charge < -0.3 is 10.4 Å². The second-order valence-electron chi connectivity index (χ2n) is 19.3. The summed E-state index contributed by atoms with van der Waals surface area (Å²) in [5.74, 6) is 0.377. The molecule has 6 aliphatic rings. The van der Waals surface area contributed by atoms with Crippen LogP contribution in [0.5, 0.6) is 0 Å². The molecule has 0 spiro atoms. The largest absolute Gasteiger partial charge is 0.478 e. The number of ketones is 1. The van der Waals surface area contributed by atoms with E-state index >= 15 is 0 Å². The van der Waals surface area contributed by atoms with Gasteiger partial charge in [-0.15, -0.1) is 0 Å². The molecule has 0 aromatic heterocycles. The minimum absolute atomic E-state index is 0.0300. The number of nitrogens with zero attached hydrogens (tertiary/aromatic N) is 1. The monoisotopic (exact) mass is 746 g/mol. The summed E-state index contributed by atoms with van der Waals surface area (Å²) in [4.78, 5) is 41.9. The highest BCUT2D eigenvalue weighted by atomic mass is 32.2. The van der Waals surface area contributed by atoms with Crippen molar-refractivity contribution >= 4 is 33.1 Å². The number of hydrogen-bond donors (Lipinski definition) is 2. The Morgan fingerprint density at radius 1 is 0.887 bits per heavy atom. The van der Waals surface area contributed by atoms with Crippen molar-refractivity contribution in [2.45, 2.75) is 99.3 Å². The Labute approximate surface area is 317 Å². The van der Waals surface area contributed by atoms with Crippen LogP contribution < -0.4 is 5.32 Å². The molecule has 5 aliphatic carbocycles. The normalized spacial score (nSPS) is 40.0. The Bertz CT molecular complexity index is 1820. The van der Waals surface area contributed by atoms with E-state index in [1.807, 2.05) is 12.1 Å². The van der Waals surface area contributed by atoms with Crippen LogP contribution in [0.2, 0.25) is 0 Å². The SMILES string of the molecule is C=C(C)[C@@H]1CC[C@]2(C(=O)C(=O)NCCN3CCS(=O)(=O)CC3)CC[C@]3(C)[C@H](CC[C@@H]4[C@@]5(C)CC=C(c6ccc(C(=O)O)cc6)C(C)(C)[C@@H]5CC[C@]43C)[C@@H]12. The number of hydrogen-bond acceptors (Lipinski definition) is 6. The van der Waals surface area contributed by atoms with Crippen LogP contribution >= 0.6 is 0 Å². The number of carbonyl (C=O) groups is 3. The molecule has 1 aromatic carbocycles. The maximum atomic E-state index is 14.5. The smallest absolute Gasteiger partial charge is 0.335 e. The number of fused-ring (bicyclic) bond motifs is 7. The Balaban J connectivity index is 1.13. The summed E-state index contributed by atoms with van der Waals surface area (Å²) in [7, 11) is -2.97. The summed E-state index contributed by atoms with van der Waals surface area (Å²) in [6, 6.07) is 7.43. The molecule has 1 aromatic rings. The number of aromatic carboxylic acids is 1. The second kappa shape index (κ2) is 13.2. The van der Waals surface area contributed by atoms with Gasteiger partial charge in [-0.3, -0.25) is 14.5 Å². The molecule has 1 amide bonds. The zero-order valence-corrected chi connectivity index (χ0v) is 33.7. The number of carboxylic acid groups (broad SMARTS) is 1. The standard InChI is InChI=1S/C44H62N2O6S/c1-28(2)31-14-19-44(37(47)38(48)45-22-23-46-24-26-53(51,52)27-25-46)21-20-42(6)33(36(31)44)12-13-35-41(5)17-15-32(29-8-10-30(11-9-29)39(49)50)40(3,4)34(41)16-18-43(35,42)7/h8-11,15,31,33-36H,1,12-14,16-27H2,2-7H3,(H,45,48)(H,49,50)/t31-,33+,34-,35+,36+,41-,42+,43+,44-/m0/s1. The van der Waals surface area contributed by atoms with Crippen molar-refractivity contribution in [2.75, 3.05) is 37.7 Å². The van der Waals surface area contributed by atoms with Crippen LogP contribution in [0, 0.1) is 56.7 Å². The van der Waals surface area contributed by atoms with Gasteiger partial charge in [-0.2, -0.15) is 0 Å². The first-order valence-electron chi connectivity index (χ1n) is 20.3. The highest BCUT2D eigenvalue weighted by Crippen LogP contribution is 2.77. The van der Waals surface area contributed by atoms with E-state index in [9.17, 15) is 27.9 Å². The molecule has 2 N–H and O–H groups in total. The highest BCUT2D eigenvalue weighted by molar-refractivity contribution is 7.91. The van der Waals surface area contributed by atoms with Crippen LogP contribution in [0.25, 0.3) is 5.57 Å². The number of amides is 1. The van der Waals surface area contributed by atoms with E-state index in [1.54, 1.807) is 12.1 Å². The predicted octanol–water partition coefficient (Wildman–Crippen LogP) is 7.45. The van der Waals surface area contributed by atoms with Gasteiger partial charge in [0.1, 0.15) is 0 Å². The van der Waals surface area contributed by atoms with Crippen molar-refractivity contribution in [1.82, 2.24) is 10.2 Å². The third kappa shape index (κ3) is 5.91. The summed E-state index contributed by atoms with van der Waals surface area (Å²) in [6.07, 6.45) is 11.3. The van der Waals surface area contributed by atoms with Crippen molar-refractivity contribution in [3.8, 4) is 0 Å². The lowest BCUT2D eigenvalue weighted by molar-refractivity contribution is -0.224.